The second kappa shape index (κ2) is 3.19. The predicted molar refractivity (Wildman–Crippen MR) is 40.5 cm³/mol. The van der Waals surface area contributed by atoms with Gasteiger partial charge in [-0.2, -0.15) is 0 Å². The lowest BCUT2D eigenvalue weighted by molar-refractivity contribution is 0.103. The molecule has 0 unspecified atom stereocenters. The van der Waals surface area contributed by atoms with E-state index in [-0.39, 0.29) is 13.2 Å². The van der Waals surface area contributed by atoms with Crippen LogP contribution < -0.4 is 0 Å². The van der Waals surface area contributed by atoms with Crippen molar-refractivity contribution in [2.45, 2.75) is 6.92 Å². The molecule has 11 heavy (non-hydrogen) atoms. The van der Waals surface area contributed by atoms with Gasteiger partial charge in [0, 0.05) is 0 Å². The van der Waals surface area contributed by atoms with E-state index in [1.165, 1.54) is 0 Å². The van der Waals surface area contributed by atoms with Crippen molar-refractivity contribution in [3.05, 3.63) is 0 Å². The van der Waals surface area contributed by atoms with Gasteiger partial charge >= 0.3 is 0 Å². The third-order valence-corrected chi connectivity index (χ3v) is 1.80. The fraction of sp³-hybridized carbons (Fsp3) is 0.857. The topological polar surface area (TPSA) is 62.0 Å². The van der Waals surface area contributed by atoms with E-state index in [0.717, 1.165) is 0 Å². The Bertz CT molecular complexity index is 163. The van der Waals surface area contributed by atoms with Gasteiger partial charge in [-0.3, -0.25) is 4.99 Å². The smallest absolute Gasteiger partial charge is 0.194 e. The molecule has 1 aliphatic heterocycles. The van der Waals surface area contributed by atoms with Gasteiger partial charge in [0.1, 0.15) is 6.61 Å². The van der Waals surface area contributed by atoms with E-state index in [2.05, 4.69) is 4.99 Å². The maximum absolute atomic E-state index is 8.92. The summed E-state index contributed by atoms with van der Waals surface area (Å²) in [5.74, 6) is 0.475. The molecular formula is C7H13NO3. The van der Waals surface area contributed by atoms with Crippen LogP contribution in [0.4, 0.5) is 0 Å². The third-order valence-electron chi connectivity index (χ3n) is 1.80. The van der Waals surface area contributed by atoms with Crippen LogP contribution in [0, 0.1) is 5.41 Å². The highest BCUT2D eigenvalue weighted by Crippen LogP contribution is 2.20. The van der Waals surface area contributed by atoms with Crippen molar-refractivity contribution in [2.24, 2.45) is 10.4 Å². The Labute approximate surface area is 65.5 Å². The highest BCUT2D eigenvalue weighted by molar-refractivity contribution is 5.83. The monoisotopic (exact) mass is 159 g/mol. The molecule has 0 spiro atoms. The van der Waals surface area contributed by atoms with E-state index in [1.54, 1.807) is 6.92 Å². The van der Waals surface area contributed by atoms with Crippen molar-refractivity contribution in [3.8, 4) is 0 Å². The van der Waals surface area contributed by atoms with E-state index in [1.807, 2.05) is 0 Å². The number of aliphatic hydroxyl groups is 2. The second-order valence-electron chi connectivity index (χ2n) is 2.91. The first kappa shape index (κ1) is 8.49. The molecule has 4 heteroatoms. The second-order valence-corrected chi connectivity index (χ2v) is 2.91. The summed E-state index contributed by atoms with van der Waals surface area (Å²) in [5.41, 5.74) is -0.698. The van der Waals surface area contributed by atoms with Crippen molar-refractivity contribution in [2.75, 3.05) is 26.4 Å². The summed E-state index contributed by atoms with van der Waals surface area (Å²) in [6.45, 7) is 2.64. The first-order valence-electron chi connectivity index (χ1n) is 3.62. The van der Waals surface area contributed by atoms with Gasteiger partial charge in [0.05, 0.1) is 25.2 Å². The first-order chi connectivity index (χ1) is 5.23. The number of rotatable bonds is 3. The van der Waals surface area contributed by atoms with E-state index >= 15 is 0 Å². The molecule has 0 atom stereocenters. The third kappa shape index (κ3) is 1.52. The van der Waals surface area contributed by atoms with Gasteiger partial charge in [-0.15, -0.1) is 0 Å². The molecule has 4 nitrogen and oxygen atoms in total. The van der Waals surface area contributed by atoms with Gasteiger partial charge < -0.3 is 14.9 Å². The van der Waals surface area contributed by atoms with Gasteiger partial charge in [0.15, 0.2) is 5.90 Å². The minimum Gasteiger partial charge on any atom is -0.478 e. The zero-order valence-electron chi connectivity index (χ0n) is 6.58. The molecule has 64 valence electrons. The fourth-order valence-corrected chi connectivity index (χ4v) is 0.886. The molecular weight excluding hydrogens is 146 g/mol. The van der Waals surface area contributed by atoms with Crippen LogP contribution in [0.25, 0.3) is 0 Å². The molecule has 1 rings (SSSR count). The van der Waals surface area contributed by atoms with Crippen LogP contribution in [0.5, 0.6) is 0 Å². The zero-order chi connectivity index (χ0) is 8.32. The maximum atomic E-state index is 8.92. The molecule has 0 aromatic heterocycles. The van der Waals surface area contributed by atoms with Crippen molar-refractivity contribution >= 4 is 5.90 Å². The molecule has 0 saturated heterocycles. The molecule has 2 N–H and O–H groups in total. The van der Waals surface area contributed by atoms with Gasteiger partial charge in [-0.25, -0.2) is 0 Å². The van der Waals surface area contributed by atoms with Gasteiger partial charge in [0.2, 0.25) is 0 Å². The molecule has 1 aliphatic rings. The largest absolute Gasteiger partial charge is 0.478 e. The molecule has 0 aromatic carbocycles. The minimum atomic E-state index is -0.698. The van der Waals surface area contributed by atoms with E-state index in [4.69, 9.17) is 14.9 Å². The van der Waals surface area contributed by atoms with Crippen molar-refractivity contribution in [3.63, 3.8) is 0 Å². The first-order valence-corrected chi connectivity index (χ1v) is 3.62. The van der Waals surface area contributed by atoms with Crippen LogP contribution in [-0.4, -0.2) is 42.5 Å². The number of ether oxygens (including phenoxy) is 1. The van der Waals surface area contributed by atoms with E-state index in [0.29, 0.717) is 19.0 Å². The highest BCUT2D eigenvalue weighted by Gasteiger charge is 2.32. The maximum Gasteiger partial charge on any atom is 0.194 e. The van der Waals surface area contributed by atoms with Crippen molar-refractivity contribution in [1.82, 2.24) is 0 Å². The lowest BCUT2D eigenvalue weighted by Gasteiger charge is -2.23. The average molecular weight is 159 g/mol. The number of aliphatic hydroxyl groups excluding tert-OH is 2. The molecule has 1 heterocycles. The summed E-state index contributed by atoms with van der Waals surface area (Å²) in [4.78, 5) is 4.02. The van der Waals surface area contributed by atoms with Crippen LogP contribution >= 0.6 is 0 Å². The number of aliphatic imine (C=N–C) groups is 1. The number of nitrogens with zero attached hydrogens (tertiary/aromatic N) is 1. The van der Waals surface area contributed by atoms with Crippen LogP contribution in [0.1, 0.15) is 6.92 Å². The van der Waals surface area contributed by atoms with Crippen LogP contribution in [0.3, 0.4) is 0 Å². The summed E-state index contributed by atoms with van der Waals surface area (Å²) in [7, 11) is 0. The lowest BCUT2D eigenvalue weighted by Crippen LogP contribution is -2.35. The Morgan fingerprint density at radius 3 is 2.55 bits per heavy atom. The molecule has 0 radical (unpaired) electrons. The summed E-state index contributed by atoms with van der Waals surface area (Å²) >= 11 is 0. The van der Waals surface area contributed by atoms with Crippen LogP contribution in [0.15, 0.2) is 4.99 Å². The highest BCUT2D eigenvalue weighted by atomic mass is 16.5. The lowest BCUT2D eigenvalue weighted by atomic mass is 9.93. The summed E-state index contributed by atoms with van der Waals surface area (Å²) in [6, 6.07) is 0. The summed E-state index contributed by atoms with van der Waals surface area (Å²) in [6.07, 6.45) is 0. The quantitative estimate of drug-likeness (QED) is 0.578. The van der Waals surface area contributed by atoms with Gasteiger partial charge in [0.25, 0.3) is 0 Å². The van der Waals surface area contributed by atoms with Crippen molar-refractivity contribution < 1.29 is 14.9 Å². The molecule has 0 aromatic rings. The minimum absolute atomic E-state index is 0.137. The molecule has 0 bridgehead atoms. The number of hydrogen-bond acceptors (Lipinski definition) is 4. The van der Waals surface area contributed by atoms with E-state index in [9.17, 15) is 0 Å². The predicted octanol–water partition coefficient (Wildman–Crippen LogP) is -0.594. The Kier molecular flexibility index (Phi) is 2.46. The van der Waals surface area contributed by atoms with Gasteiger partial charge in [-0.05, 0) is 6.92 Å². The molecule has 0 fully saturated rings. The average Bonchev–Trinajstić information content (AvgIpc) is 2.55. The van der Waals surface area contributed by atoms with Crippen LogP contribution in [0.2, 0.25) is 0 Å². The van der Waals surface area contributed by atoms with Crippen molar-refractivity contribution in [1.29, 1.82) is 0 Å². The molecule has 0 saturated carbocycles. The zero-order valence-corrected chi connectivity index (χ0v) is 6.58. The van der Waals surface area contributed by atoms with Gasteiger partial charge in [-0.1, -0.05) is 0 Å². The fourth-order valence-electron chi connectivity index (χ4n) is 0.886. The SMILES string of the molecule is CC(CO)(CO)C1=NCCO1. The Hall–Kier alpha value is -0.610. The Balaban J connectivity index is 2.67. The molecule has 0 aliphatic carbocycles. The molecule has 0 amide bonds. The Morgan fingerprint density at radius 2 is 2.18 bits per heavy atom. The normalized spacial score (nSPS) is 17.9. The Morgan fingerprint density at radius 1 is 1.55 bits per heavy atom. The standard InChI is InChI=1S/C7H13NO3/c1-7(4-9,5-10)6-8-2-3-11-6/h9-10H,2-5H2,1H3. The summed E-state index contributed by atoms with van der Waals surface area (Å²) in [5, 5.41) is 17.8. The van der Waals surface area contributed by atoms with E-state index < -0.39 is 5.41 Å². The number of hydrogen-bond donors (Lipinski definition) is 2. The van der Waals surface area contributed by atoms with Crippen LogP contribution in [-0.2, 0) is 4.74 Å². The summed E-state index contributed by atoms with van der Waals surface area (Å²) < 4.78 is 5.13.